The van der Waals surface area contributed by atoms with E-state index >= 15 is 0 Å². The van der Waals surface area contributed by atoms with Gasteiger partial charge in [-0.1, -0.05) is 39.5 Å². The minimum Gasteiger partial charge on any atom is -0.486 e. The Morgan fingerprint density at radius 3 is 2.44 bits per heavy atom. The molecule has 6 N–H and O–H groups in total. The van der Waals surface area contributed by atoms with E-state index < -0.39 is 41.7 Å². The SMILES string of the molecule is CC(C)CC1NC(=O)c2ccc(F)cc2OC/C(N)=C/NCCCCCCCCNC(=O)CN(C)C(=O)C2CC(O)CN2C1=O. The summed E-state index contributed by atoms with van der Waals surface area (Å²) in [4.78, 5) is 55.9. The highest BCUT2D eigenvalue weighted by Crippen LogP contribution is 2.24. The summed E-state index contributed by atoms with van der Waals surface area (Å²) in [5.41, 5.74) is 6.44. The van der Waals surface area contributed by atoms with Crippen molar-refractivity contribution in [1.29, 1.82) is 0 Å². The zero-order chi connectivity index (χ0) is 32.9. The van der Waals surface area contributed by atoms with Gasteiger partial charge in [0.05, 0.1) is 23.9 Å². The van der Waals surface area contributed by atoms with Crippen molar-refractivity contribution in [2.75, 3.05) is 39.8 Å². The number of hydrogen-bond donors (Lipinski definition) is 5. The van der Waals surface area contributed by atoms with Crippen LogP contribution in [0, 0.1) is 11.7 Å². The molecule has 0 aliphatic carbocycles. The smallest absolute Gasteiger partial charge is 0.255 e. The topological polar surface area (TPSA) is 166 Å². The second-order valence-corrected chi connectivity index (χ2v) is 12.3. The van der Waals surface area contributed by atoms with Crippen LogP contribution in [-0.4, -0.2) is 96.6 Å². The Balaban J connectivity index is 1.85. The molecule has 3 rings (SSSR count). The zero-order valence-electron chi connectivity index (χ0n) is 26.6. The quantitative estimate of drug-likeness (QED) is 0.328. The van der Waals surface area contributed by atoms with Gasteiger partial charge in [-0.2, -0.15) is 0 Å². The van der Waals surface area contributed by atoms with E-state index in [1.165, 1.54) is 22.9 Å². The number of halogens is 1. The average molecular weight is 633 g/mol. The number of carbonyl (C=O) groups excluding carboxylic acids is 4. The van der Waals surface area contributed by atoms with E-state index in [4.69, 9.17) is 10.5 Å². The molecule has 1 fully saturated rings. The monoisotopic (exact) mass is 632 g/mol. The zero-order valence-corrected chi connectivity index (χ0v) is 26.6. The van der Waals surface area contributed by atoms with Crippen molar-refractivity contribution in [2.45, 2.75) is 83.4 Å². The molecule has 12 nitrogen and oxygen atoms in total. The van der Waals surface area contributed by atoms with Crippen molar-refractivity contribution in [3.05, 3.63) is 41.5 Å². The molecule has 0 saturated carbocycles. The van der Waals surface area contributed by atoms with Crippen molar-refractivity contribution in [1.82, 2.24) is 25.8 Å². The lowest BCUT2D eigenvalue weighted by Crippen LogP contribution is -2.54. The molecule has 0 bridgehead atoms. The van der Waals surface area contributed by atoms with Gasteiger partial charge in [0, 0.05) is 45.4 Å². The van der Waals surface area contributed by atoms with E-state index in [1.807, 2.05) is 13.8 Å². The molecule has 13 heteroatoms. The summed E-state index contributed by atoms with van der Waals surface area (Å²) in [5.74, 6) is -2.64. The fraction of sp³-hybridized carbons (Fsp3) is 0.625. The molecule has 0 aromatic heterocycles. The molecule has 250 valence electrons. The van der Waals surface area contributed by atoms with Gasteiger partial charge in [0.15, 0.2) is 0 Å². The van der Waals surface area contributed by atoms with Gasteiger partial charge in [0.1, 0.15) is 30.3 Å². The Kier molecular flexibility index (Phi) is 13.9. The second-order valence-electron chi connectivity index (χ2n) is 12.3. The van der Waals surface area contributed by atoms with Gasteiger partial charge in [-0.15, -0.1) is 0 Å². The number of hydrogen-bond acceptors (Lipinski definition) is 8. The molecular formula is C32H49FN6O6. The van der Waals surface area contributed by atoms with Crippen molar-refractivity contribution in [3.63, 3.8) is 0 Å². The molecule has 1 aromatic rings. The Morgan fingerprint density at radius 1 is 1.04 bits per heavy atom. The van der Waals surface area contributed by atoms with E-state index in [2.05, 4.69) is 16.0 Å². The van der Waals surface area contributed by atoms with Crippen LogP contribution in [0.4, 0.5) is 4.39 Å². The first-order valence-electron chi connectivity index (χ1n) is 15.9. The number of amides is 4. The first-order valence-corrected chi connectivity index (χ1v) is 15.9. The molecular weight excluding hydrogens is 583 g/mol. The van der Waals surface area contributed by atoms with E-state index in [-0.39, 0.29) is 55.7 Å². The summed E-state index contributed by atoms with van der Waals surface area (Å²) >= 11 is 0. The molecule has 2 aliphatic rings. The number of likely N-dealkylation sites (N-methyl/N-ethyl adjacent to an activating group) is 1. The van der Waals surface area contributed by atoms with Crippen molar-refractivity contribution >= 4 is 23.6 Å². The molecule has 3 unspecified atom stereocenters. The van der Waals surface area contributed by atoms with Crippen LogP contribution >= 0.6 is 0 Å². The third-order valence-electron chi connectivity index (χ3n) is 7.85. The molecule has 4 amide bonds. The lowest BCUT2D eigenvalue weighted by atomic mass is 10.0. The van der Waals surface area contributed by atoms with Crippen LogP contribution in [0.2, 0.25) is 0 Å². The van der Waals surface area contributed by atoms with E-state index in [1.54, 1.807) is 6.20 Å². The number of nitrogens with two attached hydrogens (primary N) is 1. The van der Waals surface area contributed by atoms with Crippen LogP contribution in [-0.2, 0) is 14.4 Å². The molecule has 1 saturated heterocycles. The number of nitrogens with zero attached hydrogens (tertiary/aromatic N) is 2. The van der Waals surface area contributed by atoms with Gasteiger partial charge in [-0.05, 0) is 37.3 Å². The number of nitrogens with one attached hydrogen (secondary N) is 3. The maximum atomic E-state index is 14.2. The summed E-state index contributed by atoms with van der Waals surface area (Å²) in [6, 6.07) is 1.44. The molecule has 45 heavy (non-hydrogen) atoms. The van der Waals surface area contributed by atoms with Crippen LogP contribution in [0.3, 0.4) is 0 Å². The third kappa shape index (κ3) is 11.2. The number of aliphatic hydroxyl groups is 1. The number of fused-ring (bicyclic) bond motifs is 2. The largest absolute Gasteiger partial charge is 0.486 e. The molecule has 0 spiro atoms. The molecule has 2 heterocycles. The standard InChI is InChI=1S/C32H49FN6O6/c1-21(2)14-26-31(43)39-18-24(40)16-27(39)32(44)38(3)19-29(41)36-13-9-7-5-4-6-8-12-35-17-23(34)20-45-28-15-22(33)10-11-25(28)30(42)37-26/h10-11,15,17,21,24,26-27,35,40H,4-9,12-14,16,18-20,34H2,1-3H3,(H,36,41)(H,37,42)/b23-17-. The van der Waals surface area contributed by atoms with E-state index in [0.717, 1.165) is 57.2 Å². The van der Waals surface area contributed by atoms with Gasteiger partial charge in [-0.3, -0.25) is 19.2 Å². The minimum absolute atomic E-state index is 0.0125. The van der Waals surface area contributed by atoms with Crippen LogP contribution < -0.4 is 26.4 Å². The third-order valence-corrected chi connectivity index (χ3v) is 7.85. The lowest BCUT2D eigenvalue weighted by Gasteiger charge is -2.31. The number of rotatable bonds is 2. The molecule has 0 radical (unpaired) electrons. The first-order chi connectivity index (χ1) is 21.5. The predicted octanol–water partition coefficient (Wildman–Crippen LogP) is 1.63. The summed E-state index contributed by atoms with van der Waals surface area (Å²) < 4.78 is 19.9. The van der Waals surface area contributed by atoms with Crippen LogP contribution in [0.5, 0.6) is 5.75 Å². The van der Waals surface area contributed by atoms with Crippen LogP contribution in [0.15, 0.2) is 30.1 Å². The highest BCUT2D eigenvalue weighted by molar-refractivity contribution is 6.00. The fourth-order valence-electron chi connectivity index (χ4n) is 5.52. The normalized spacial score (nSPS) is 25.3. The highest BCUT2D eigenvalue weighted by Gasteiger charge is 2.43. The summed E-state index contributed by atoms with van der Waals surface area (Å²) in [6.45, 7) is 4.63. The molecule has 2 aliphatic heterocycles. The van der Waals surface area contributed by atoms with E-state index in [0.29, 0.717) is 12.2 Å². The first kappa shape index (κ1) is 35.6. The minimum atomic E-state index is -1.04. The van der Waals surface area contributed by atoms with Gasteiger partial charge in [-0.25, -0.2) is 4.39 Å². The number of ether oxygens (including phenoxy) is 1. The molecule has 1 aromatic carbocycles. The summed E-state index contributed by atoms with van der Waals surface area (Å²) in [5, 5.41) is 19.2. The Hall–Kier alpha value is -3.87. The number of benzene rings is 1. The summed E-state index contributed by atoms with van der Waals surface area (Å²) in [6.07, 6.45) is 6.81. The van der Waals surface area contributed by atoms with Crippen LogP contribution in [0.1, 0.15) is 75.6 Å². The van der Waals surface area contributed by atoms with Gasteiger partial charge >= 0.3 is 0 Å². The van der Waals surface area contributed by atoms with Crippen molar-refractivity contribution in [3.8, 4) is 5.75 Å². The Bertz CT molecular complexity index is 1210. The van der Waals surface area contributed by atoms with Crippen molar-refractivity contribution in [2.24, 2.45) is 11.7 Å². The fourth-order valence-corrected chi connectivity index (χ4v) is 5.52. The highest BCUT2D eigenvalue weighted by atomic mass is 19.1. The molecule has 3 atom stereocenters. The van der Waals surface area contributed by atoms with Gasteiger partial charge in [0.25, 0.3) is 5.91 Å². The lowest BCUT2D eigenvalue weighted by molar-refractivity contribution is -0.145. The second kappa shape index (κ2) is 17.6. The van der Waals surface area contributed by atoms with Gasteiger partial charge < -0.3 is 41.3 Å². The predicted molar refractivity (Wildman–Crippen MR) is 167 cm³/mol. The maximum absolute atomic E-state index is 14.2. The summed E-state index contributed by atoms with van der Waals surface area (Å²) in [7, 11) is 1.49. The van der Waals surface area contributed by atoms with Crippen LogP contribution in [0.25, 0.3) is 0 Å². The average Bonchev–Trinajstić information content (AvgIpc) is 3.38. The maximum Gasteiger partial charge on any atom is 0.255 e. The van der Waals surface area contributed by atoms with Crippen molar-refractivity contribution < 1.29 is 33.4 Å². The van der Waals surface area contributed by atoms with Gasteiger partial charge in [0.2, 0.25) is 17.7 Å². The number of carbonyl (C=O) groups is 4. The Labute approximate surface area is 264 Å². The number of aliphatic hydroxyl groups excluding tert-OH is 1. The Morgan fingerprint density at radius 2 is 1.73 bits per heavy atom. The van der Waals surface area contributed by atoms with E-state index in [9.17, 15) is 28.7 Å².